The summed E-state index contributed by atoms with van der Waals surface area (Å²) in [7, 11) is -3.16. The Hall–Kier alpha value is -0.850. The SMILES string of the molecule is CC(C)(C)Cn1cc(CNS(=O)(=O)C2CC2)c2ccc(Br)cc21. The van der Waals surface area contributed by atoms with Crippen molar-refractivity contribution in [3.63, 3.8) is 0 Å². The van der Waals surface area contributed by atoms with Crippen LogP contribution in [0, 0.1) is 5.41 Å². The summed E-state index contributed by atoms with van der Waals surface area (Å²) in [6, 6.07) is 6.15. The largest absolute Gasteiger partial charge is 0.347 e. The molecule has 1 N–H and O–H groups in total. The molecule has 3 rings (SSSR count). The molecule has 1 heterocycles. The summed E-state index contributed by atoms with van der Waals surface area (Å²) in [6.45, 7) is 7.84. The predicted octanol–water partition coefficient (Wildman–Crippen LogP) is 4.03. The molecule has 4 nitrogen and oxygen atoms in total. The Morgan fingerprint density at radius 2 is 2.00 bits per heavy atom. The first-order valence-corrected chi connectivity index (χ1v) is 10.3. The number of sulfonamides is 1. The minimum atomic E-state index is -3.16. The van der Waals surface area contributed by atoms with Gasteiger partial charge in [-0.3, -0.25) is 0 Å². The average molecular weight is 399 g/mol. The second-order valence-corrected chi connectivity index (χ2v) is 10.5. The van der Waals surface area contributed by atoms with Gasteiger partial charge in [-0.1, -0.05) is 42.8 Å². The Balaban J connectivity index is 1.93. The van der Waals surface area contributed by atoms with Gasteiger partial charge in [0.15, 0.2) is 0 Å². The standard InChI is InChI=1S/C17H23BrN2O2S/c1-17(2,3)11-20-10-12(9-19-23(21,22)14-5-6-14)15-7-4-13(18)8-16(15)20/h4,7-8,10,14,19H,5-6,9,11H2,1-3H3. The lowest BCUT2D eigenvalue weighted by molar-refractivity contribution is 0.349. The molecule has 0 amide bonds. The van der Waals surface area contributed by atoms with Crippen LogP contribution in [0.15, 0.2) is 28.9 Å². The molecule has 126 valence electrons. The lowest BCUT2D eigenvalue weighted by Gasteiger charge is -2.19. The monoisotopic (exact) mass is 398 g/mol. The van der Waals surface area contributed by atoms with Gasteiger partial charge in [0.25, 0.3) is 0 Å². The number of rotatable bonds is 5. The maximum Gasteiger partial charge on any atom is 0.214 e. The third-order valence-corrected chi connectivity index (χ3v) is 6.39. The third-order valence-electron chi connectivity index (χ3n) is 4.00. The van der Waals surface area contributed by atoms with Gasteiger partial charge in [-0.25, -0.2) is 13.1 Å². The molecule has 1 fully saturated rings. The molecule has 0 unspecified atom stereocenters. The maximum absolute atomic E-state index is 12.1. The fourth-order valence-electron chi connectivity index (χ4n) is 2.80. The molecule has 1 aromatic heterocycles. The van der Waals surface area contributed by atoms with Crippen LogP contribution in [0.3, 0.4) is 0 Å². The van der Waals surface area contributed by atoms with E-state index in [1.165, 1.54) is 0 Å². The Kier molecular flexibility index (Phi) is 4.36. The van der Waals surface area contributed by atoms with Crippen molar-refractivity contribution in [2.45, 2.75) is 52.0 Å². The highest BCUT2D eigenvalue weighted by Crippen LogP contribution is 2.30. The van der Waals surface area contributed by atoms with E-state index in [1.54, 1.807) is 0 Å². The molecule has 1 saturated carbocycles. The Bertz CT molecular complexity index is 830. The molecule has 0 saturated heterocycles. The highest BCUT2D eigenvalue weighted by molar-refractivity contribution is 9.10. The van der Waals surface area contributed by atoms with Crippen molar-refractivity contribution in [2.75, 3.05) is 0 Å². The highest BCUT2D eigenvalue weighted by Gasteiger charge is 2.35. The Morgan fingerprint density at radius 1 is 1.30 bits per heavy atom. The van der Waals surface area contributed by atoms with Crippen LogP contribution in [0.4, 0.5) is 0 Å². The normalized spacial score (nSPS) is 16.2. The van der Waals surface area contributed by atoms with Gasteiger partial charge in [0.05, 0.1) is 5.25 Å². The van der Waals surface area contributed by atoms with Crippen LogP contribution in [0.25, 0.3) is 10.9 Å². The van der Waals surface area contributed by atoms with E-state index >= 15 is 0 Å². The summed E-state index contributed by atoms with van der Waals surface area (Å²) in [5.41, 5.74) is 2.31. The summed E-state index contributed by atoms with van der Waals surface area (Å²) in [5, 5.41) is 0.926. The van der Waals surface area contributed by atoms with Crippen molar-refractivity contribution >= 4 is 36.9 Å². The van der Waals surface area contributed by atoms with Crippen LogP contribution in [-0.4, -0.2) is 18.2 Å². The molecule has 6 heteroatoms. The lowest BCUT2D eigenvalue weighted by Crippen LogP contribution is -2.26. The summed E-state index contributed by atoms with van der Waals surface area (Å²) in [5.74, 6) is 0. The van der Waals surface area contributed by atoms with E-state index in [-0.39, 0.29) is 10.7 Å². The van der Waals surface area contributed by atoms with Crippen molar-refractivity contribution in [1.82, 2.24) is 9.29 Å². The molecule has 0 bridgehead atoms. The van der Waals surface area contributed by atoms with E-state index in [0.717, 1.165) is 40.3 Å². The van der Waals surface area contributed by atoms with Gasteiger partial charge in [-0.15, -0.1) is 0 Å². The predicted molar refractivity (Wildman–Crippen MR) is 97.9 cm³/mol. The second kappa shape index (κ2) is 5.90. The summed E-state index contributed by atoms with van der Waals surface area (Å²) in [6.07, 6.45) is 3.65. The zero-order valence-corrected chi connectivity index (χ0v) is 16.2. The van der Waals surface area contributed by atoms with Gasteiger partial charge in [-0.05, 0) is 36.0 Å². The molecule has 23 heavy (non-hydrogen) atoms. The van der Waals surface area contributed by atoms with Crippen LogP contribution >= 0.6 is 15.9 Å². The molecule has 0 aliphatic heterocycles. The first-order valence-electron chi connectivity index (χ1n) is 7.91. The van der Waals surface area contributed by atoms with Crippen LogP contribution in [-0.2, 0) is 23.1 Å². The van der Waals surface area contributed by atoms with Crippen LogP contribution in [0.1, 0.15) is 39.2 Å². The number of hydrogen-bond donors (Lipinski definition) is 1. The smallest absolute Gasteiger partial charge is 0.214 e. The zero-order valence-electron chi connectivity index (χ0n) is 13.8. The topological polar surface area (TPSA) is 51.1 Å². The zero-order chi connectivity index (χ0) is 16.8. The number of nitrogens with one attached hydrogen (secondary N) is 1. The van der Waals surface area contributed by atoms with Crippen LogP contribution in [0.5, 0.6) is 0 Å². The number of aromatic nitrogens is 1. The first kappa shape index (κ1) is 17.0. The van der Waals surface area contributed by atoms with Gasteiger partial charge in [0.1, 0.15) is 0 Å². The summed E-state index contributed by atoms with van der Waals surface area (Å²) < 4.78 is 30.2. The molecule has 0 atom stereocenters. The van der Waals surface area contributed by atoms with E-state index in [1.807, 2.05) is 6.07 Å². The highest BCUT2D eigenvalue weighted by atomic mass is 79.9. The molecular formula is C17H23BrN2O2S. The fourth-order valence-corrected chi connectivity index (χ4v) is 4.50. The third kappa shape index (κ3) is 3.98. The first-order chi connectivity index (χ1) is 10.7. The van der Waals surface area contributed by atoms with E-state index in [4.69, 9.17) is 0 Å². The minimum absolute atomic E-state index is 0.152. The van der Waals surface area contributed by atoms with Crippen LogP contribution < -0.4 is 4.72 Å². The number of halogens is 1. The van der Waals surface area contributed by atoms with E-state index in [0.29, 0.717) is 6.54 Å². The molecule has 1 aromatic carbocycles. The molecule has 1 aliphatic rings. The van der Waals surface area contributed by atoms with E-state index in [2.05, 4.69) is 64.3 Å². The molecule has 1 aliphatic carbocycles. The minimum Gasteiger partial charge on any atom is -0.347 e. The number of hydrogen-bond acceptors (Lipinski definition) is 2. The van der Waals surface area contributed by atoms with E-state index in [9.17, 15) is 8.42 Å². The molecule has 2 aromatic rings. The van der Waals surface area contributed by atoms with Crippen molar-refractivity contribution in [3.05, 3.63) is 34.4 Å². The average Bonchev–Trinajstić information content (AvgIpc) is 3.22. The molecular weight excluding hydrogens is 376 g/mol. The summed E-state index contributed by atoms with van der Waals surface area (Å²) in [4.78, 5) is 0. The van der Waals surface area contributed by atoms with Gasteiger partial charge in [0, 0.05) is 34.7 Å². The quantitative estimate of drug-likeness (QED) is 0.825. The van der Waals surface area contributed by atoms with Gasteiger partial charge in [-0.2, -0.15) is 0 Å². The molecule has 0 radical (unpaired) electrons. The Labute approximate surface area is 146 Å². The van der Waals surface area contributed by atoms with Gasteiger partial charge < -0.3 is 4.57 Å². The van der Waals surface area contributed by atoms with E-state index < -0.39 is 10.0 Å². The molecule has 0 spiro atoms. The lowest BCUT2D eigenvalue weighted by atomic mass is 9.97. The van der Waals surface area contributed by atoms with Crippen molar-refractivity contribution < 1.29 is 8.42 Å². The number of nitrogens with zero attached hydrogens (tertiary/aromatic N) is 1. The Morgan fingerprint density at radius 3 is 2.61 bits per heavy atom. The number of fused-ring (bicyclic) bond motifs is 1. The van der Waals surface area contributed by atoms with Crippen molar-refractivity contribution in [1.29, 1.82) is 0 Å². The number of benzene rings is 1. The van der Waals surface area contributed by atoms with Gasteiger partial charge in [0.2, 0.25) is 10.0 Å². The van der Waals surface area contributed by atoms with Crippen molar-refractivity contribution in [2.24, 2.45) is 5.41 Å². The van der Waals surface area contributed by atoms with Crippen LogP contribution in [0.2, 0.25) is 0 Å². The fraction of sp³-hybridized carbons (Fsp3) is 0.529. The summed E-state index contributed by atoms with van der Waals surface area (Å²) >= 11 is 3.53. The van der Waals surface area contributed by atoms with Gasteiger partial charge >= 0.3 is 0 Å². The maximum atomic E-state index is 12.1. The van der Waals surface area contributed by atoms with Crippen molar-refractivity contribution in [3.8, 4) is 0 Å². The second-order valence-electron chi connectivity index (χ2n) is 7.57.